The predicted octanol–water partition coefficient (Wildman–Crippen LogP) is 1.80. The third-order valence-corrected chi connectivity index (χ3v) is 2.57. The summed E-state index contributed by atoms with van der Waals surface area (Å²) in [7, 11) is 1.59. The van der Waals surface area contributed by atoms with Gasteiger partial charge in [0.2, 0.25) is 0 Å². The Morgan fingerprint density at radius 1 is 1.50 bits per heavy atom. The second kappa shape index (κ2) is 3.63. The Hall–Kier alpha value is -1.62. The largest absolute Gasteiger partial charge is 0.473 e. The van der Waals surface area contributed by atoms with Gasteiger partial charge in [0.25, 0.3) is 5.19 Å². The molecule has 0 unspecified atom stereocenters. The van der Waals surface area contributed by atoms with E-state index in [-0.39, 0.29) is 0 Å². The number of rotatable bonds is 2. The summed E-state index contributed by atoms with van der Waals surface area (Å²) in [5.41, 5.74) is 7.36. The molecule has 0 radical (unpaired) electrons. The average molecular weight is 207 g/mol. The third-order valence-electron chi connectivity index (χ3n) is 1.77. The van der Waals surface area contributed by atoms with Crippen LogP contribution >= 0.6 is 11.3 Å². The van der Waals surface area contributed by atoms with Gasteiger partial charge in [-0.3, -0.25) is 0 Å². The molecule has 0 bridgehead atoms. The van der Waals surface area contributed by atoms with E-state index in [0.717, 1.165) is 11.3 Å². The molecule has 5 heteroatoms. The number of aromatic nitrogens is 2. The summed E-state index contributed by atoms with van der Waals surface area (Å²) < 4.78 is 5.00. The highest BCUT2D eigenvalue weighted by Gasteiger charge is 2.07. The van der Waals surface area contributed by atoms with E-state index >= 15 is 0 Å². The average Bonchev–Trinajstić information content (AvgIpc) is 2.67. The molecule has 2 heterocycles. The van der Waals surface area contributed by atoms with Crippen molar-refractivity contribution < 1.29 is 4.74 Å². The van der Waals surface area contributed by atoms with Gasteiger partial charge in [0, 0.05) is 17.1 Å². The lowest BCUT2D eigenvalue weighted by Crippen LogP contribution is -1.93. The molecule has 0 aromatic carbocycles. The zero-order chi connectivity index (χ0) is 9.97. The van der Waals surface area contributed by atoms with E-state index in [1.165, 1.54) is 11.3 Å². The molecule has 2 N–H and O–H groups in total. The van der Waals surface area contributed by atoms with Crippen LogP contribution in [0.2, 0.25) is 0 Å². The van der Waals surface area contributed by atoms with Crippen LogP contribution in [0.15, 0.2) is 23.7 Å². The minimum absolute atomic E-state index is 0.487. The molecule has 2 aromatic heterocycles. The number of nitrogens with two attached hydrogens (primary N) is 1. The second-order valence-corrected chi connectivity index (χ2v) is 3.46. The maximum Gasteiger partial charge on any atom is 0.273 e. The van der Waals surface area contributed by atoms with E-state index in [9.17, 15) is 0 Å². The van der Waals surface area contributed by atoms with Crippen LogP contribution < -0.4 is 10.5 Å². The van der Waals surface area contributed by atoms with Crippen LogP contribution in [0.3, 0.4) is 0 Å². The highest BCUT2D eigenvalue weighted by Crippen LogP contribution is 2.28. The number of thiazole rings is 1. The summed E-state index contributed by atoms with van der Waals surface area (Å²) in [4.78, 5) is 8.23. The SMILES string of the molecule is COc1nc(-c2cccnc2N)cs1. The van der Waals surface area contributed by atoms with Gasteiger partial charge in [-0.25, -0.2) is 9.97 Å². The number of nitrogens with zero attached hydrogens (tertiary/aromatic N) is 2. The van der Waals surface area contributed by atoms with Crippen molar-refractivity contribution in [2.45, 2.75) is 0 Å². The van der Waals surface area contributed by atoms with E-state index in [0.29, 0.717) is 11.0 Å². The first-order chi connectivity index (χ1) is 6.81. The summed E-state index contributed by atoms with van der Waals surface area (Å²) in [5, 5.41) is 2.52. The van der Waals surface area contributed by atoms with Crippen molar-refractivity contribution in [2.75, 3.05) is 12.8 Å². The van der Waals surface area contributed by atoms with Crippen molar-refractivity contribution in [1.82, 2.24) is 9.97 Å². The molecule has 0 spiro atoms. The number of pyridine rings is 1. The van der Waals surface area contributed by atoms with Crippen molar-refractivity contribution in [1.29, 1.82) is 0 Å². The Morgan fingerprint density at radius 3 is 3.00 bits per heavy atom. The molecular weight excluding hydrogens is 198 g/mol. The lowest BCUT2D eigenvalue weighted by Gasteiger charge is -1.98. The monoisotopic (exact) mass is 207 g/mol. The second-order valence-electron chi connectivity index (χ2n) is 2.64. The van der Waals surface area contributed by atoms with Gasteiger partial charge in [0.05, 0.1) is 12.8 Å². The van der Waals surface area contributed by atoms with Crippen molar-refractivity contribution in [3.8, 4) is 16.5 Å². The molecule has 14 heavy (non-hydrogen) atoms. The molecule has 2 rings (SSSR count). The van der Waals surface area contributed by atoms with Crippen LogP contribution in [-0.2, 0) is 0 Å². The molecule has 0 aliphatic heterocycles. The van der Waals surface area contributed by atoms with Gasteiger partial charge in [-0.05, 0) is 12.1 Å². The Labute approximate surface area is 85.4 Å². The van der Waals surface area contributed by atoms with Gasteiger partial charge in [0.15, 0.2) is 0 Å². The van der Waals surface area contributed by atoms with E-state index < -0.39 is 0 Å². The molecule has 2 aromatic rings. The smallest absolute Gasteiger partial charge is 0.273 e. The van der Waals surface area contributed by atoms with Crippen molar-refractivity contribution in [3.05, 3.63) is 23.7 Å². The highest BCUT2D eigenvalue weighted by molar-refractivity contribution is 7.11. The Bertz CT molecular complexity index is 441. The Balaban J connectivity index is 2.44. The summed E-state index contributed by atoms with van der Waals surface area (Å²) in [6.45, 7) is 0. The first-order valence-corrected chi connectivity index (χ1v) is 4.89. The molecule has 0 saturated heterocycles. The zero-order valence-corrected chi connectivity index (χ0v) is 8.41. The number of nitrogen functional groups attached to an aromatic ring is 1. The standard InChI is InChI=1S/C9H9N3OS/c1-13-9-12-7(5-14-9)6-3-2-4-11-8(6)10/h2-5H,1H3,(H2,10,11). The topological polar surface area (TPSA) is 61.0 Å². The molecule has 4 nitrogen and oxygen atoms in total. The quantitative estimate of drug-likeness (QED) is 0.815. The number of hydrogen-bond acceptors (Lipinski definition) is 5. The maximum absolute atomic E-state index is 5.72. The normalized spacial score (nSPS) is 10.1. The van der Waals surface area contributed by atoms with E-state index in [4.69, 9.17) is 10.5 Å². The van der Waals surface area contributed by atoms with Gasteiger partial charge in [0.1, 0.15) is 5.82 Å². The molecule has 0 amide bonds. The summed E-state index contributed by atoms with van der Waals surface area (Å²) >= 11 is 1.44. The number of ether oxygens (including phenoxy) is 1. The number of methoxy groups -OCH3 is 1. The maximum atomic E-state index is 5.72. The van der Waals surface area contributed by atoms with Crippen LogP contribution in [0.4, 0.5) is 5.82 Å². The number of hydrogen-bond donors (Lipinski definition) is 1. The van der Waals surface area contributed by atoms with E-state index in [1.807, 2.05) is 17.5 Å². The fraction of sp³-hybridized carbons (Fsp3) is 0.111. The molecule has 0 saturated carbocycles. The molecule has 0 aliphatic rings. The van der Waals surface area contributed by atoms with Crippen LogP contribution in [0.1, 0.15) is 0 Å². The van der Waals surface area contributed by atoms with Crippen molar-refractivity contribution >= 4 is 17.2 Å². The van der Waals surface area contributed by atoms with Crippen molar-refractivity contribution in [3.63, 3.8) is 0 Å². The van der Waals surface area contributed by atoms with E-state index in [1.54, 1.807) is 13.3 Å². The third kappa shape index (κ3) is 1.54. The number of anilines is 1. The molecule has 0 fully saturated rings. The van der Waals surface area contributed by atoms with Gasteiger partial charge in [-0.2, -0.15) is 0 Å². The van der Waals surface area contributed by atoms with E-state index in [2.05, 4.69) is 9.97 Å². The fourth-order valence-electron chi connectivity index (χ4n) is 1.11. The summed E-state index contributed by atoms with van der Waals surface area (Å²) in [6.07, 6.45) is 1.66. The highest BCUT2D eigenvalue weighted by atomic mass is 32.1. The Kier molecular flexibility index (Phi) is 2.32. The van der Waals surface area contributed by atoms with Crippen LogP contribution in [-0.4, -0.2) is 17.1 Å². The molecule has 0 atom stereocenters. The Morgan fingerprint density at radius 2 is 2.36 bits per heavy atom. The molecular formula is C9H9N3OS. The van der Waals surface area contributed by atoms with Crippen LogP contribution in [0, 0.1) is 0 Å². The lowest BCUT2D eigenvalue weighted by molar-refractivity contribution is 0.412. The van der Waals surface area contributed by atoms with Crippen LogP contribution in [0.25, 0.3) is 11.3 Å². The lowest BCUT2D eigenvalue weighted by atomic mass is 10.2. The van der Waals surface area contributed by atoms with Crippen molar-refractivity contribution in [2.24, 2.45) is 0 Å². The fourth-order valence-corrected chi connectivity index (χ4v) is 1.75. The minimum atomic E-state index is 0.487. The summed E-state index contributed by atoms with van der Waals surface area (Å²) in [6, 6.07) is 3.72. The van der Waals surface area contributed by atoms with Gasteiger partial charge in [-0.1, -0.05) is 11.3 Å². The first-order valence-electron chi connectivity index (χ1n) is 4.01. The predicted molar refractivity (Wildman–Crippen MR) is 56.3 cm³/mol. The summed E-state index contributed by atoms with van der Waals surface area (Å²) in [5.74, 6) is 0.487. The zero-order valence-electron chi connectivity index (χ0n) is 7.60. The van der Waals surface area contributed by atoms with Gasteiger partial charge >= 0.3 is 0 Å². The molecule has 0 aliphatic carbocycles. The van der Waals surface area contributed by atoms with Gasteiger partial charge < -0.3 is 10.5 Å². The molecule has 72 valence electrons. The van der Waals surface area contributed by atoms with Gasteiger partial charge in [-0.15, -0.1) is 0 Å². The minimum Gasteiger partial charge on any atom is -0.473 e. The van der Waals surface area contributed by atoms with Crippen LogP contribution in [0.5, 0.6) is 5.19 Å². The first kappa shape index (κ1) is 8.96.